The molecule has 204 valence electrons. The second-order valence-corrected chi connectivity index (χ2v) is 10.3. The SMILES string of the molecule is CCCCOCCCNC(=O)C[C@@H]1C[C@@]2(C(=O)OCC)CCC=C2N(Cc2cccc3ccccc23)C1=O. The fourth-order valence-corrected chi connectivity index (χ4v) is 5.73. The second-order valence-electron chi connectivity index (χ2n) is 10.3. The van der Waals surface area contributed by atoms with Crippen LogP contribution in [0.25, 0.3) is 10.8 Å². The van der Waals surface area contributed by atoms with Gasteiger partial charge in [0.1, 0.15) is 5.41 Å². The molecule has 0 aromatic heterocycles. The Hall–Kier alpha value is -3.19. The molecule has 1 heterocycles. The van der Waals surface area contributed by atoms with Crippen LogP contribution in [0.15, 0.2) is 54.2 Å². The topological polar surface area (TPSA) is 84.9 Å². The van der Waals surface area contributed by atoms with E-state index in [0.717, 1.165) is 47.9 Å². The quantitative estimate of drug-likeness (QED) is 0.292. The summed E-state index contributed by atoms with van der Waals surface area (Å²) in [5.74, 6) is -1.17. The smallest absolute Gasteiger partial charge is 0.318 e. The monoisotopic (exact) mass is 520 g/mol. The van der Waals surface area contributed by atoms with Gasteiger partial charge >= 0.3 is 5.97 Å². The Kier molecular flexibility index (Phi) is 9.56. The number of benzene rings is 2. The summed E-state index contributed by atoms with van der Waals surface area (Å²) in [4.78, 5) is 41.8. The fraction of sp³-hybridized carbons (Fsp3) is 0.516. The molecule has 2 aliphatic rings. The molecule has 0 radical (unpaired) electrons. The van der Waals surface area contributed by atoms with Crippen molar-refractivity contribution in [2.45, 2.75) is 65.3 Å². The van der Waals surface area contributed by atoms with Crippen LogP contribution in [0.2, 0.25) is 0 Å². The van der Waals surface area contributed by atoms with Gasteiger partial charge in [-0.1, -0.05) is 61.9 Å². The van der Waals surface area contributed by atoms with E-state index in [1.807, 2.05) is 30.3 Å². The Balaban J connectivity index is 1.52. The molecule has 1 fully saturated rings. The van der Waals surface area contributed by atoms with Crippen molar-refractivity contribution in [3.63, 3.8) is 0 Å². The molecule has 0 bridgehead atoms. The molecule has 1 aliphatic carbocycles. The highest BCUT2D eigenvalue weighted by Crippen LogP contribution is 2.51. The number of carbonyl (C=O) groups excluding carboxylic acids is 3. The number of fused-ring (bicyclic) bond motifs is 2. The van der Waals surface area contributed by atoms with Crippen molar-refractivity contribution < 1.29 is 23.9 Å². The van der Waals surface area contributed by atoms with Gasteiger partial charge in [0.25, 0.3) is 0 Å². The van der Waals surface area contributed by atoms with Gasteiger partial charge < -0.3 is 19.7 Å². The van der Waals surface area contributed by atoms with Crippen LogP contribution in [0.3, 0.4) is 0 Å². The molecule has 1 aliphatic heterocycles. The Morgan fingerprint density at radius 1 is 1.08 bits per heavy atom. The van der Waals surface area contributed by atoms with E-state index in [-0.39, 0.29) is 30.8 Å². The van der Waals surface area contributed by atoms with Crippen molar-refractivity contribution in [3.05, 3.63) is 59.8 Å². The minimum absolute atomic E-state index is 0.0516. The van der Waals surface area contributed by atoms with E-state index < -0.39 is 11.3 Å². The van der Waals surface area contributed by atoms with Gasteiger partial charge in [-0.3, -0.25) is 14.4 Å². The van der Waals surface area contributed by atoms with Gasteiger partial charge in [-0.2, -0.15) is 0 Å². The van der Waals surface area contributed by atoms with E-state index >= 15 is 0 Å². The molecule has 2 amide bonds. The summed E-state index contributed by atoms with van der Waals surface area (Å²) < 4.78 is 11.1. The van der Waals surface area contributed by atoms with Crippen LogP contribution in [-0.2, 0) is 30.4 Å². The van der Waals surface area contributed by atoms with Gasteiger partial charge in [0, 0.05) is 37.8 Å². The van der Waals surface area contributed by atoms with Gasteiger partial charge in [-0.25, -0.2) is 0 Å². The first-order valence-electron chi connectivity index (χ1n) is 14.0. The number of nitrogens with one attached hydrogen (secondary N) is 1. The molecular weight excluding hydrogens is 480 g/mol. The summed E-state index contributed by atoms with van der Waals surface area (Å²) in [6.07, 6.45) is 6.50. The third kappa shape index (κ3) is 6.09. The molecule has 0 saturated carbocycles. The van der Waals surface area contributed by atoms with Gasteiger partial charge in [0.15, 0.2) is 0 Å². The number of hydrogen-bond acceptors (Lipinski definition) is 5. The van der Waals surface area contributed by atoms with Crippen LogP contribution in [-0.4, -0.2) is 49.0 Å². The highest BCUT2D eigenvalue weighted by Gasteiger charge is 2.55. The minimum Gasteiger partial charge on any atom is -0.465 e. The number of esters is 1. The summed E-state index contributed by atoms with van der Waals surface area (Å²) >= 11 is 0. The van der Waals surface area contributed by atoms with E-state index in [0.29, 0.717) is 39.0 Å². The average Bonchev–Trinajstić information content (AvgIpc) is 3.35. The number of ether oxygens (including phenoxy) is 2. The number of rotatable bonds is 13. The summed E-state index contributed by atoms with van der Waals surface area (Å²) in [5.41, 5.74) is 0.844. The third-order valence-electron chi connectivity index (χ3n) is 7.64. The Morgan fingerprint density at radius 3 is 2.68 bits per heavy atom. The van der Waals surface area contributed by atoms with E-state index in [4.69, 9.17) is 9.47 Å². The Morgan fingerprint density at radius 2 is 1.87 bits per heavy atom. The van der Waals surface area contributed by atoms with E-state index in [9.17, 15) is 14.4 Å². The van der Waals surface area contributed by atoms with Crippen LogP contribution in [0, 0.1) is 11.3 Å². The fourth-order valence-electron chi connectivity index (χ4n) is 5.73. The summed E-state index contributed by atoms with van der Waals surface area (Å²) in [6.45, 7) is 6.37. The van der Waals surface area contributed by atoms with Crippen LogP contribution in [0.1, 0.15) is 64.4 Å². The van der Waals surface area contributed by atoms with Gasteiger partial charge in [0.05, 0.1) is 13.2 Å². The zero-order chi connectivity index (χ0) is 27.0. The lowest BCUT2D eigenvalue weighted by Gasteiger charge is -2.44. The summed E-state index contributed by atoms with van der Waals surface area (Å²) in [6, 6.07) is 14.2. The number of carbonyl (C=O) groups is 3. The normalized spacial score (nSPS) is 20.8. The number of unbranched alkanes of at least 4 members (excludes halogenated alkanes) is 1. The van der Waals surface area contributed by atoms with Crippen molar-refractivity contribution in [2.24, 2.45) is 11.3 Å². The van der Waals surface area contributed by atoms with E-state index in [2.05, 4.69) is 30.4 Å². The molecule has 2 aromatic carbocycles. The number of allylic oxidation sites excluding steroid dienone is 1. The number of likely N-dealkylation sites (tertiary alicyclic amines) is 1. The number of amides is 2. The van der Waals surface area contributed by atoms with Crippen molar-refractivity contribution >= 4 is 28.6 Å². The first kappa shape index (κ1) is 27.8. The van der Waals surface area contributed by atoms with Crippen molar-refractivity contribution in [2.75, 3.05) is 26.4 Å². The average molecular weight is 521 g/mol. The third-order valence-corrected chi connectivity index (χ3v) is 7.64. The zero-order valence-electron chi connectivity index (χ0n) is 22.7. The predicted octanol–water partition coefficient (Wildman–Crippen LogP) is 5.13. The van der Waals surface area contributed by atoms with Gasteiger partial charge in [-0.15, -0.1) is 0 Å². The number of nitrogens with zero attached hydrogens (tertiary/aromatic N) is 1. The maximum absolute atomic E-state index is 13.9. The van der Waals surface area contributed by atoms with Crippen LogP contribution >= 0.6 is 0 Å². The first-order valence-corrected chi connectivity index (χ1v) is 14.0. The maximum Gasteiger partial charge on any atom is 0.318 e. The molecule has 1 saturated heterocycles. The molecule has 7 nitrogen and oxygen atoms in total. The zero-order valence-corrected chi connectivity index (χ0v) is 22.7. The molecule has 7 heteroatoms. The van der Waals surface area contributed by atoms with Crippen LogP contribution in [0.4, 0.5) is 0 Å². The second kappa shape index (κ2) is 13.1. The van der Waals surface area contributed by atoms with Crippen LogP contribution in [0.5, 0.6) is 0 Å². The minimum atomic E-state index is -0.896. The standard InChI is InChI=1S/C31H40N2O5/c1-3-5-18-37-19-10-17-32-28(34)20-25-21-31(30(36)38-4-2)16-9-15-27(31)33(29(25)35)22-24-13-8-12-23-11-6-7-14-26(23)24/h6-8,11-15,25H,3-5,9-10,16-22H2,1-2H3,(H,32,34)/t25-,31+/m1/s1. The molecule has 4 rings (SSSR count). The molecule has 2 aromatic rings. The molecule has 38 heavy (non-hydrogen) atoms. The highest BCUT2D eigenvalue weighted by molar-refractivity contribution is 5.93. The lowest BCUT2D eigenvalue weighted by molar-refractivity contribution is -0.161. The molecule has 1 N–H and O–H groups in total. The first-order chi connectivity index (χ1) is 18.5. The van der Waals surface area contributed by atoms with Crippen molar-refractivity contribution in [1.82, 2.24) is 10.2 Å². The largest absolute Gasteiger partial charge is 0.465 e. The summed E-state index contributed by atoms with van der Waals surface area (Å²) in [7, 11) is 0. The Bertz CT molecular complexity index is 1170. The number of hydrogen-bond donors (Lipinski definition) is 1. The van der Waals surface area contributed by atoms with Crippen molar-refractivity contribution in [3.8, 4) is 0 Å². The molecule has 2 atom stereocenters. The number of piperidine rings is 1. The highest BCUT2D eigenvalue weighted by atomic mass is 16.5. The van der Waals surface area contributed by atoms with Crippen LogP contribution < -0.4 is 5.32 Å². The van der Waals surface area contributed by atoms with Crippen molar-refractivity contribution in [1.29, 1.82) is 0 Å². The van der Waals surface area contributed by atoms with Gasteiger partial charge in [-0.05, 0) is 55.4 Å². The maximum atomic E-state index is 13.9. The molecule has 0 unspecified atom stereocenters. The molecular formula is C31H40N2O5. The lowest BCUT2D eigenvalue weighted by atomic mass is 9.71. The molecule has 0 spiro atoms. The summed E-state index contributed by atoms with van der Waals surface area (Å²) in [5, 5.41) is 5.11. The van der Waals surface area contributed by atoms with E-state index in [1.165, 1.54) is 0 Å². The lowest BCUT2D eigenvalue weighted by Crippen LogP contribution is -2.52. The predicted molar refractivity (Wildman–Crippen MR) is 147 cm³/mol. The van der Waals surface area contributed by atoms with E-state index in [1.54, 1.807) is 11.8 Å². The van der Waals surface area contributed by atoms with Gasteiger partial charge in [0.2, 0.25) is 11.8 Å². The Labute approximate surface area is 225 Å².